The number of nitrogens with one attached hydrogen (secondary N) is 1. The zero-order valence-electron chi connectivity index (χ0n) is 9.95. The van der Waals surface area contributed by atoms with Gasteiger partial charge in [-0.2, -0.15) is 8.78 Å². The van der Waals surface area contributed by atoms with Crippen molar-refractivity contribution in [3.05, 3.63) is 59.1 Å². The van der Waals surface area contributed by atoms with Gasteiger partial charge in [0.15, 0.2) is 0 Å². The van der Waals surface area contributed by atoms with Crippen LogP contribution in [0.1, 0.15) is 5.56 Å². The molecule has 0 aromatic heterocycles. The average Bonchev–Trinajstić information content (AvgIpc) is 2.37. The van der Waals surface area contributed by atoms with Gasteiger partial charge in [-0.3, -0.25) is 0 Å². The van der Waals surface area contributed by atoms with Crippen LogP contribution in [0.5, 0.6) is 0 Å². The lowest BCUT2D eigenvalue weighted by atomic mass is 10.2. The van der Waals surface area contributed by atoms with Crippen molar-refractivity contribution < 1.29 is 8.78 Å². The molecule has 0 aliphatic heterocycles. The van der Waals surface area contributed by atoms with Gasteiger partial charge in [0.05, 0.1) is 0 Å². The minimum atomic E-state index is -2.42. The first kappa shape index (κ1) is 14.2. The zero-order chi connectivity index (χ0) is 13.7. The van der Waals surface area contributed by atoms with Crippen LogP contribution in [-0.2, 0) is 6.54 Å². The predicted molar refractivity (Wildman–Crippen MR) is 77.1 cm³/mol. The SMILES string of the molecule is FC(F)Sc1ccccc1NCc1cccc(Cl)c1. The maximum Gasteiger partial charge on any atom is 0.288 e. The number of thioether (sulfide) groups is 1. The number of para-hydroxylation sites is 1. The monoisotopic (exact) mass is 299 g/mol. The average molecular weight is 300 g/mol. The zero-order valence-corrected chi connectivity index (χ0v) is 11.5. The summed E-state index contributed by atoms with van der Waals surface area (Å²) in [6.45, 7) is 0.543. The van der Waals surface area contributed by atoms with Crippen LogP contribution in [0.2, 0.25) is 5.02 Å². The summed E-state index contributed by atoms with van der Waals surface area (Å²) in [4.78, 5) is 0.541. The van der Waals surface area contributed by atoms with Gasteiger partial charge in [0.2, 0.25) is 0 Å². The largest absolute Gasteiger partial charge is 0.380 e. The highest BCUT2D eigenvalue weighted by molar-refractivity contribution is 7.99. The van der Waals surface area contributed by atoms with E-state index in [1.54, 1.807) is 24.3 Å². The van der Waals surface area contributed by atoms with Crippen LogP contribution in [0, 0.1) is 0 Å². The van der Waals surface area contributed by atoms with Crippen LogP contribution in [0.4, 0.5) is 14.5 Å². The fourth-order valence-electron chi connectivity index (χ4n) is 1.66. The predicted octanol–water partition coefficient (Wildman–Crippen LogP) is 5.27. The molecule has 0 radical (unpaired) electrons. The molecule has 0 bridgehead atoms. The summed E-state index contributed by atoms with van der Waals surface area (Å²) in [5.41, 5.74) is 1.71. The third kappa shape index (κ3) is 4.40. The van der Waals surface area contributed by atoms with Crippen molar-refractivity contribution in [1.82, 2.24) is 0 Å². The number of anilines is 1. The number of alkyl halides is 2. The van der Waals surface area contributed by atoms with Gasteiger partial charge in [0.1, 0.15) is 0 Å². The third-order valence-electron chi connectivity index (χ3n) is 2.48. The summed E-state index contributed by atoms with van der Waals surface area (Å²) in [5, 5.41) is 3.81. The minimum absolute atomic E-state index is 0.541. The van der Waals surface area contributed by atoms with Crippen LogP contribution >= 0.6 is 23.4 Å². The van der Waals surface area contributed by atoms with E-state index in [0.717, 1.165) is 5.56 Å². The van der Waals surface area contributed by atoms with Crippen molar-refractivity contribution in [3.63, 3.8) is 0 Å². The van der Waals surface area contributed by atoms with Gasteiger partial charge in [0.25, 0.3) is 5.76 Å². The molecular weight excluding hydrogens is 288 g/mol. The van der Waals surface area contributed by atoms with Crippen LogP contribution in [0.3, 0.4) is 0 Å². The molecule has 2 aromatic carbocycles. The van der Waals surface area contributed by atoms with Gasteiger partial charge in [-0.25, -0.2) is 0 Å². The van der Waals surface area contributed by atoms with Crippen LogP contribution in [0.25, 0.3) is 0 Å². The normalized spacial score (nSPS) is 10.7. The smallest absolute Gasteiger partial charge is 0.288 e. The lowest BCUT2D eigenvalue weighted by Gasteiger charge is -2.11. The number of rotatable bonds is 5. The summed E-state index contributed by atoms with van der Waals surface area (Å²) >= 11 is 6.44. The molecule has 100 valence electrons. The molecule has 19 heavy (non-hydrogen) atoms. The number of halogens is 3. The Bertz CT molecular complexity index is 548. The van der Waals surface area contributed by atoms with Crippen molar-refractivity contribution in [2.75, 3.05) is 5.32 Å². The van der Waals surface area contributed by atoms with Crippen molar-refractivity contribution >= 4 is 29.1 Å². The number of benzene rings is 2. The Balaban J connectivity index is 2.07. The molecule has 2 aromatic rings. The molecule has 1 N–H and O–H groups in total. The number of hydrogen-bond acceptors (Lipinski definition) is 2. The number of hydrogen-bond donors (Lipinski definition) is 1. The van der Waals surface area contributed by atoms with Crippen molar-refractivity contribution in [1.29, 1.82) is 0 Å². The molecule has 0 atom stereocenters. The van der Waals surface area contributed by atoms with Gasteiger partial charge in [-0.05, 0) is 29.8 Å². The fourth-order valence-corrected chi connectivity index (χ4v) is 2.48. The molecule has 0 aliphatic rings. The molecule has 0 heterocycles. The lowest BCUT2D eigenvalue weighted by Crippen LogP contribution is -2.00. The second-order valence-corrected chi connectivity index (χ2v) is 5.33. The highest BCUT2D eigenvalue weighted by atomic mass is 35.5. The maximum absolute atomic E-state index is 12.4. The Labute approximate surface area is 120 Å². The molecule has 0 saturated carbocycles. The molecule has 1 nitrogen and oxygen atoms in total. The van der Waals surface area contributed by atoms with Gasteiger partial charge in [-0.1, -0.05) is 47.6 Å². The molecule has 0 spiro atoms. The van der Waals surface area contributed by atoms with Gasteiger partial charge >= 0.3 is 0 Å². The van der Waals surface area contributed by atoms with E-state index in [1.165, 1.54) is 0 Å². The summed E-state index contributed by atoms with van der Waals surface area (Å²) in [6, 6.07) is 14.5. The quantitative estimate of drug-likeness (QED) is 0.755. The molecule has 0 amide bonds. The van der Waals surface area contributed by atoms with Gasteiger partial charge in [0, 0.05) is 22.2 Å². The molecule has 5 heteroatoms. The first-order chi connectivity index (χ1) is 9.15. The van der Waals surface area contributed by atoms with E-state index >= 15 is 0 Å². The minimum Gasteiger partial charge on any atom is -0.380 e. The van der Waals surface area contributed by atoms with E-state index in [4.69, 9.17) is 11.6 Å². The fraction of sp³-hybridized carbons (Fsp3) is 0.143. The second kappa shape index (κ2) is 6.78. The summed E-state index contributed by atoms with van der Waals surface area (Å²) in [6.07, 6.45) is 0. The molecule has 0 aliphatic carbocycles. The first-order valence-corrected chi connectivity index (χ1v) is 6.93. The summed E-state index contributed by atoms with van der Waals surface area (Å²) in [5.74, 6) is -2.42. The second-order valence-electron chi connectivity index (χ2n) is 3.86. The Morgan fingerprint density at radius 2 is 1.89 bits per heavy atom. The molecular formula is C14H12ClF2NS. The first-order valence-electron chi connectivity index (χ1n) is 5.67. The van der Waals surface area contributed by atoms with E-state index in [-0.39, 0.29) is 0 Å². The maximum atomic E-state index is 12.4. The molecule has 0 saturated heterocycles. The molecule has 0 fully saturated rings. The standard InChI is InChI=1S/C14H12ClF2NS/c15-11-5-3-4-10(8-11)9-18-12-6-1-2-7-13(12)19-14(16)17/h1-8,14,18H,9H2. The van der Waals surface area contributed by atoms with E-state index in [0.29, 0.717) is 33.9 Å². The highest BCUT2D eigenvalue weighted by Crippen LogP contribution is 2.31. The Morgan fingerprint density at radius 3 is 2.63 bits per heavy atom. The topological polar surface area (TPSA) is 12.0 Å². The Morgan fingerprint density at radius 1 is 1.11 bits per heavy atom. The Kier molecular flexibility index (Phi) is 5.05. The van der Waals surface area contributed by atoms with Crippen LogP contribution < -0.4 is 5.32 Å². The van der Waals surface area contributed by atoms with Crippen molar-refractivity contribution in [3.8, 4) is 0 Å². The van der Waals surface area contributed by atoms with E-state index in [2.05, 4.69) is 5.32 Å². The van der Waals surface area contributed by atoms with Crippen LogP contribution in [0.15, 0.2) is 53.4 Å². The van der Waals surface area contributed by atoms with E-state index in [9.17, 15) is 8.78 Å². The van der Waals surface area contributed by atoms with Gasteiger partial charge in [-0.15, -0.1) is 0 Å². The van der Waals surface area contributed by atoms with E-state index in [1.807, 2.05) is 24.3 Å². The van der Waals surface area contributed by atoms with Crippen LogP contribution in [-0.4, -0.2) is 5.76 Å². The van der Waals surface area contributed by atoms with Gasteiger partial charge < -0.3 is 5.32 Å². The Hall–Kier alpha value is -1.26. The van der Waals surface area contributed by atoms with E-state index < -0.39 is 5.76 Å². The third-order valence-corrected chi connectivity index (χ3v) is 3.50. The van der Waals surface area contributed by atoms with Crippen molar-refractivity contribution in [2.45, 2.75) is 17.2 Å². The summed E-state index contributed by atoms with van der Waals surface area (Å²) in [7, 11) is 0. The highest BCUT2D eigenvalue weighted by Gasteiger charge is 2.09. The molecule has 2 rings (SSSR count). The lowest BCUT2D eigenvalue weighted by molar-refractivity contribution is 0.252. The van der Waals surface area contributed by atoms with Crippen molar-refractivity contribution in [2.24, 2.45) is 0 Å². The molecule has 0 unspecified atom stereocenters. The summed E-state index contributed by atoms with van der Waals surface area (Å²) < 4.78 is 24.9.